The average Bonchev–Trinajstić information content (AvgIpc) is 3.10. The van der Waals surface area contributed by atoms with Crippen molar-refractivity contribution < 1.29 is 19.7 Å². The molecule has 0 aromatic heterocycles. The molecule has 2 N–H and O–H groups in total. The number of esters is 1. The van der Waals surface area contributed by atoms with Crippen molar-refractivity contribution in [3.8, 4) is 22.6 Å². The molecule has 2 aliphatic rings. The van der Waals surface area contributed by atoms with E-state index in [1.165, 1.54) is 0 Å². The number of hydrogen-bond acceptors (Lipinski definition) is 4. The van der Waals surface area contributed by atoms with Crippen LogP contribution in [0.3, 0.4) is 0 Å². The van der Waals surface area contributed by atoms with Gasteiger partial charge in [-0.15, -0.1) is 0 Å². The molecule has 5 aromatic rings. The van der Waals surface area contributed by atoms with E-state index < -0.39 is 5.60 Å². The van der Waals surface area contributed by atoms with Gasteiger partial charge in [0.25, 0.3) is 0 Å². The van der Waals surface area contributed by atoms with Crippen LogP contribution in [0.1, 0.15) is 32.6 Å². The van der Waals surface area contributed by atoms with Crippen molar-refractivity contribution in [1.29, 1.82) is 0 Å². The van der Waals surface area contributed by atoms with Crippen LogP contribution in [0.25, 0.3) is 32.7 Å². The first kappa shape index (κ1) is 18.3. The Kier molecular flexibility index (Phi) is 3.28. The Morgan fingerprint density at radius 3 is 2.33 bits per heavy atom. The van der Waals surface area contributed by atoms with E-state index in [0.29, 0.717) is 16.5 Å². The van der Waals surface area contributed by atoms with Gasteiger partial charge in [0.1, 0.15) is 11.5 Å². The van der Waals surface area contributed by atoms with Crippen LogP contribution in [0, 0.1) is 6.92 Å². The number of aromatic hydroxyl groups is 2. The maximum Gasteiger partial charge on any atom is 0.340 e. The first-order valence-electron chi connectivity index (χ1n) is 10.9. The number of benzene rings is 5. The van der Waals surface area contributed by atoms with Crippen LogP contribution in [0.4, 0.5) is 0 Å². The highest BCUT2D eigenvalue weighted by atomic mass is 16.6. The van der Waals surface area contributed by atoms with Crippen LogP contribution in [-0.2, 0) is 10.3 Å². The second-order valence-corrected chi connectivity index (χ2v) is 8.78. The van der Waals surface area contributed by atoms with Crippen LogP contribution in [0.5, 0.6) is 11.5 Å². The van der Waals surface area contributed by atoms with Crippen LogP contribution in [-0.4, -0.2) is 16.2 Å². The summed E-state index contributed by atoms with van der Waals surface area (Å²) in [6, 6.07) is 24.5. The molecule has 1 aliphatic carbocycles. The number of phenols is 2. The third-order valence-corrected chi connectivity index (χ3v) is 7.21. The standard InChI is InChI=1S/C29H18O4/c1-15-23(30)13-12-22-25(15)20-14-24(31)17-8-2-3-9-18(17)27(20)29(22)21-11-5-7-16-6-4-10-19(26(16)21)28(32)33-29/h2-14,30-31H,1H3. The second kappa shape index (κ2) is 5.93. The zero-order chi connectivity index (χ0) is 22.5. The summed E-state index contributed by atoms with van der Waals surface area (Å²) in [6.45, 7) is 1.85. The number of carbonyl (C=O) groups excluding carboxylic acids is 1. The van der Waals surface area contributed by atoms with Crippen LogP contribution >= 0.6 is 0 Å². The topological polar surface area (TPSA) is 66.8 Å². The van der Waals surface area contributed by atoms with Gasteiger partial charge in [0, 0.05) is 27.5 Å². The highest BCUT2D eigenvalue weighted by Crippen LogP contribution is 2.60. The van der Waals surface area contributed by atoms with Gasteiger partial charge < -0.3 is 14.9 Å². The van der Waals surface area contributed by atoms with Crippen LogP contribution in [0.2, 0.25) is 0 Å². The Morgan fingerprint density at radius 1 is 0.758 bits per heavy atom. The molecule has 0 fully saturated rings. The van der Waals surface area contributed by atoms with Crippen molar-refractivity contribution in [1.82, 2.24) is 0 Å². The summed E-state index contributed by atoms with van der Waals surface area (Å²) >= 11 is 0. The van der Waals surface area contributed by atoms with Crippen LogP contribution in [0.15, 0.2) is 78.9 Å². The lowest BCUT2D eigenvalue weighted by Crippen LogP contribution is -2.37. The summed E-state index contributed by atoms with van der Waals surface area (Å²) in [5, 5.41) is 24.8. The molecular formula is C29H18O4. The lowest BCUT2D eigenvalue weighted by molar-refractivity contribution is 0.0145. The molecule has 0 saturated carbocycles. The number of ether oxygens (including phenoxy) is 1. The molecule has 158 valence electrons. The van der Waals surface area contributed by atoms with Crippen molar-refractivity contribution >= 4 is 27.5 Å². The van der Waals surface area contributed by atoms with Gasteiger partial charge in [-0.05, 0) is 58.7 Å². The van der Waals surface area contributed by atoms with Gasteiger partial charge in [-0.1, -0.05) is 54.6 Å². The fourth-order valence-corrected chi connectivity index (χ4v) is 5.85. The third kappa shape index (κ3) is 2.04. The van der Waals surface area contributed by atoms with E-state index in [1.54, 1.807) is 18.2 Å². The molecule has 1 unspecified atom stereocenters. The SMILES string of the molecule is Cc1c(O)ccc2c1-c1cc(O)c3ccccc3c1C21OC(=O)c2cccc3cccc1c23. The Balaban J connectivity index is 1.77. The summed E-state index contributed by atoms with van der Waals surface area (Å²) in [5.74, 6) is -0.0815. The number of phenolic OH excluding ortho intramolecular Hbond substituents is 2. The summed E-state index contributed by atoms with van der Waals surface area (Å²) < 4.78 is 6.45. The molecule has 5 aromatic carbocycles. The summed E-state index contributed by atoms with van der Waals surface area (Å²) in [5.41, 5.74) is 4.07. The fourth-order valence-electron chi connectivity index (χ4n) is 5.85. The van der Waals surface area contributed by atoms with Gasteiger partial charge in [-0.25, -0.2) is 4.79 Å². The molecule has 1 aliphatic heterocycles. The Hall–Kier alpha value is -4.31. The largest absolute Gasteiger partial charge is 0.508 e. The Bertz CT molecular complexity index is 1690. The number of rotatable bonds is 0. The number of carbonyl (C=O) groups is 1. The Labute approximate surface area is 189 Å². The maximum atomic E-state index is 13.5. The molecule has 7 rings (SSSR count). The molecule has 0 saturated heterocycles. The number of hydrogen-bond donors (Lipinski definition) is 2. The molecule has 0 radical (unpaired) electrons. The Morgan fingerprint density at radius 2 is 1.52 bits per heavy atom. The smallest absolute Gasteiger partial charge is 0.340 e. The zero-order valence-electron chi connectivity index (χ0n) is 17.7. The van der Waals surface area contributed by atoms with Crippen molar-refractivity contribution in [3.63, 3.8) is 0 Å². The highest BCUT2D eigenvalue weighted by Gasteiger charge is 2.53. The van der Waals surface area contributed by atoms with E-state index in [-0.39, 0.29) is 17.5 Å². The molecule has 1 heterocycles. The van der Waals surface area contributed by atoms with Crippen molar-refractivity contribution in [3.05, 3.63) is 107 Å². The van der Waals surface area contributed by atoms with Crippen LogP contribution < -0.4 is 0 Å². The van der Waals surface area contributed by atoms with Gasteiger partial charge >= 0.3 is 5.97 Å². The number of fused-ring (bicyclic) bond motifs is 8. The first-order chi connectivity index (χ1) is 16.0. The second-order valence-electron chi connectivity index (χ2n) is 8.78. The van der Waals surface area contributed by atoms with E-state index in [0.717, 1.165) is 44.0 Å². The van der Waals surface area contributed by atoms with Gasteiger partial charge in [0.15, 0.2) is 5.60 Å². The van der Waals surface area contributed by atoms with Crippen molar-refractivity contribution in [2.24, 2.45) is 0 Å². The van der Waals surface area contributed by atoms with Gasteiger partial charge in [0.2, 0.25) is 0 Å². The van der Waals surface area contributed by atoms with Gasteiger partial charge in [-0.2, -0.15) is 0 Å². The molecular weight excluding hydrogens is 412 g/mol. The molecule has 0 amide bonds. The molecule has 4 heteroatoms. The average molecular weight is 430 g/mol. The van der Waals surface area contributed by atoms with E-state index in [9.17, 15) is 15.0 Å². The van der Waals surface area contributed by atoms with Crippen molar-refractivity contribution in [2.75, 3.05) is 0 Å². The monoisotopic (exact) mass is 430 g/mol. The molecule has 33 heavy (non-hydrogen) atoms. The predicted molar refractivity (Wildman–Crippen MR) is 127 cm³/mol. The lowest BCUT2D eigenvalue weighted by Gasteiger charge is -2.37. The molecule has 0 bridgehead atoms. The predicted octanol–water partition coefficient (Wildman–Crippen LogP) is 6.16. The molecule has 4 nitrogen and oxygen atoms in total. The maximum absolute atomic E-state index is 13.5. The van der Waals surface area contributed by atoms with Crippen molar-refractivity contribution in [2.45, 2.75) is 12.5 Å². The van der Waals surface area contributed by atoms with E-state index in [1.807, 2.05) is 67.6 Å². The van der Waals surface area contributed by atoms with E-state index >= 15 is 0 Å². The van der Waals surface area contributed by atoms with E-state index in [4.69, 9.17) is 4.74 Å². The minimum absolute atomic E-state index is 0.149. The lowest BCUT2D eigenvalue weighted by atomic mass is 9.77. The fraction of sp³-hybridized carbons (Fsp3) is 0.0690. The minimum atomic E-state index is -1.19. The normalized spacial score (nSPS) is 17.9. The summed E-state index contributed by atoms with van der Waals surface area (Å²) in [4.78, 5) is 13.5. The third-order valence-electron chi connectivity index (χ3n) is 7.21. The molecule has 1 spiro atoms. The van der Waals surface area contributed by atoms with Gasteiger partial charge in [-0.3, -0.25) is 0 Å². The van der Waals surface area contributed by atoms with Gasteiger partial charge in [0.05, 0.1) is 5.56 Å². The quantitative estimate of drug-likeness (QED) is 0.289. The molecule has 1 atom stereocenters. The summed E-state index contributed by atoms with van der Waals surface area (Å²) in [7, 11) is 0. The highest BCUT2D eigenvalue weighted by molar-refractivity contribution is 6.12. The minimum Gasteiger partial charge on any atom is -0.508 e. The van der Waals surface area contributed by atoms with E-state index in [2.05, 4.69) is 0 Å². The first-order valence-corrected chi connectivity index (χ1v) is 10.9. The zero-order valence-corrected chi connectivity index (χ0v) is 17.7. The summed E-state index contributed by atoms with van der Waals surface area (Å²) in [6.07, 6.45) is 0.